The molecule has 2 aromatic heterocycles. The van der Waals surface area contributed by atoms with Gasteiger partial charge in [0.15, 0.2) is 0 Å². The number of aromatic nitrogens is 2. The molecule has 1 aliphatic heterocycles. The fourth-order valence-corrected chi connectivity index (χ4v) is 4.53. The number of fused-ring (bicyclic) bond motifs is 5. The molecule has 0 amide bonds. The lowest BCUT2D eigenvalue weighted by atomic mass is 9.78. The molecule has 1 fully saturated rings. The van der Waals surface area contributed by atoms with Crippen LogP contribution in [-0.2, 0) is 9.31 Å². The second-order valence-corrected chi connectivity index (χ2v) is 9.59. The van der Waals surface area contributed by atoms with Crippen molar-refractivity contribution in [2.75, 3.05) is 0 Å². The minimum absolute atomic E-state index is 0.370. The average Bonchev–Trinajstić information content (AvgIpc) is 3.27. The third kappa shape index (κ3) is 2.82. The van der Waals surface area contributed by atoms with Crippen LogP contribution in [-0.4, -0.2) is 27.7 Å². The van der Waals surface area contributed by atoms with Gasteiger partial charge in [0, 0.05) is 5.56 Å². The molecule has 5 heteroatoms. The Balaban J connectivity index is 1.57. The van der Waals surface area contributed by atoms with Crippen LogP contribution in [0.4, 0.5) is 0 Å². The Kier molecular flexibility index (Phi) is 4.08. The average molecular weight is 420 g/mol. The summed E-state index contributed by atoms with van der Waals surface area (Å²) in [5.41, 5.74) is 6.69. The van der Waals surface area contributed by atoms with Crippen LogP contribution in [0.5, 0.6) is 0 Å². The normalized spacial score (nSPS) is 17.6. The SMILES string of the molecule is CC1(C)OB(c2cccc(-c3cc4ccccc4n4c3nc3ccccc34)c2)OC1(C)C. The zero-order valence-corrected chi connectivity index (χ0v) is 18.8. The van der Waals surface area contributed by atoms with Gasteiger partial charge in [0.2, 0.25) is 0 Å². The van der Waals surface area contributed by atoms with Gasteiger partial charge in [0.1, 0.15) is 5.65 Å². The van der Waals surface area contributed by atoms with Crippen LogP contribution < -0.4 is 5.46 Å². The molecule has 5 aromatic rings. The highest BCUT2D eigenvalue weighted by molar-refractivity contribution is 6.62. The highest BCUT2D eigenvalue weighted by atomic mass is 16.7. The lowest BCUT2D eigenvalue weighted by Gasteiger charge is -2.32. The molecule has 1 aliphatic rings. The molecule has 6 rings (SSSR count). The first kappa shape index (κ1) is 19.5. The van der Waals surface area contributed by atoms with E-state index >= 15 is 0 Å². The maximum absolute atomic E-state index is 6.30. The Labute approximate surface area is 187 Å². The molecule has 0 N–H and O–H groups in total. The second-order valence-electron chi connectivity index (χ2n) is 9.59. The predicted octanol–water partition coefficient (Wildman–Crippen LogP) is 5.61. The van der Waals surface area contributed by atoms with E-state index in [9.17, 15) is 0 Å². The maximum atomic E-state index is 6.30. The second kappa shape index (κ2) is 6.68. The number of para-hydroxylation sites is 3. The predicted molar refractivity (Wildman–Crippen MR) is 131 cm³/mol. The Morgan fingerprint density at radius 2 is 1.44 bits per heavy atom. The highest BCUT2D eigenvalue weighted by Gasteiger charge is 2.51. The van der Waals surface area contributed by atoms with E-state index in [1.165, 1.54) is 5.39 Å². The zero-order valence-electron chi connectivity index (χ0n) is 18.8. The van der Waals surface area contributed by atoms with Crippen LogP contribution in [0, 0.1) is 0 Å². The van der Waals surface area contributed by atoms with Crippen molar-refractivity contribution in [3.05, 3.63) is 78.9 Å². The van der Waals surface area contributed by atoms with Crippen molar-refractivity contribution in [2.24, 2.45) is 0 Å². The third-order valence-corrected chi connectivity index (χ3v) is 7.00. The van der Waals surface area contributed by atoms with E-state index in [-0.39, 0.29) is 11.2 Å². The summed E-state index contributed by atoms with van der Waals surface area (Å²) in [7, 11) is -0.393. The minimum atomic E-state index is -0.393. The van der Waals surface area contributed by atoms with Crippen LogP contribution in [0.3, 0.4) is 0 Å². The van der Waals surface area contributed by atoms with Crippen LogP contribution in [0.1, 0.15) is 27.7 Å². The van der Waals surface area contributed by atoms with Crippen molar-refractivity contribution < 1.29 is 9.31 Å². The zero-order chi connectivity index (χ0) is 22.1. The fraction of sp³-hybridized carbons (Fsp3) is 0.222. The summed E-state index contributed by atoms with van der Waals surface area (Å²) in [5, 5.41) is 1.18. The Bertz CT molecular complexity index is 1490. The summed E-state index contributed by atoms with van der Waals surface area (Å²) in [6.07, 6.45) is 0. The van der Waals surface area contributed by atoms with Crippen molar-refractivity contribution in [1.82, 2.24) is 9.38 Å². The largest absolute Gasteiger partial charge is 0.494 e. The molecule has 0 bridgehead atoms. The molecule has 0 unspecified atom stereocenters. The number of rotatable bonds is 2. The molecule has 3 aromatic carbocycles. The lowest BCUT2D eigenvalue weighted by molar-refractivity contribution is 0.00578. The van der Waals surface area contributed by atoms with Gasteiger partial charge in [-0.05, 0) is 68.4 Å². The van der Waals surface area contributed by atoms with Crippen LogP contribution in [0.2, 0.25) is 0 Å². The van der Waals surface area contributed by atoms with Crippen LogP contribution >= 0.6 is 0 Å². The summed E-state index contributed by atoms with van der Waals surface area (Å²) < 4.78 is 14.9. The fourth-order valence-electron chi connectivity index (χ4n) is 4.53. The highest BCUT2D eigenvalue weighted by Crippen LogP contribution is 2.37. The molecule has 1 saturated heterocycles. The first-order valence-corrected chi connectivity index (χ1v) is 11.1. The number of imidazole rings is 1. The number of pyridine rings is 1. The van der Waals surface area contributed by atoms with Gasteiger partial charge in [0.25, 0.3) is 0 Å². The van der Waals surface area contributed by atoms with Gasteiger partial charge in [-0.15, -0.1) is 0 Å². The number of nitrogens with zero attached hydrogens (tertiary/aromatic N) is 2. The maximum Gasteiger partial charge on any atom is 0.494 e. The first-order valence-electron chi connectivity index (χ1n) is 11.1. The van der Waals surface area contributed by atoms with Gasteiger partial charge in [-0.1, -0.05) is 54.6 Å². The molecule has 4 nitrogen and oxygen atoms in total. The van der Waals surface area contributed by atoms with Crippen molar-refractivity contribution in [3.63, 3.8) is 0 Å². The molecule has 0 atom stereocenters. The van der Waals surface area contributed by atoms with E-state index in [2.05, 4.69) is 105 Å². The summed E-state index contributed by atoms with van der Waals surface area (Å²) in [4.78, 5) is 5.02. The Morgan fingerprint density at radius 1 is 0.750 bits per heavy atom. The summed E-state index contributed by atoms with van der Waals surface area (Å²) >= 11 is 0. The lowest BCUT2D eigenvalue weighted by Crippen LogP contribution is -2.41. The monoisotopic (exact) mass is 420 g/mol. The molecule has 3 heterocycles. The topological polar surface area (TPSA) is 35.8 Å². The number of benzene rings is 3. The standard InChI is InChI=1S/C27H25BN2O2/c1-26(2)27(3,4)32-28(31-26)20-12-9-11-18(16-20)21-17-19-10-5-7-14-23(19)30-24-15-8-6-13-22(24)29-25(21)30/h5-17H,1-4H3. The molecule has 0 spiro atoms. The molecule has 0 radical (unpaired) electrons. The first-order chi connectivity index (χ1) is 15.3. The molecular formula is C27H25BN2O2. The minimum Gasteiger partial charge on any atom is -0.399 e. The number of hydrogen-bond donors (Lipinski definition) is 0. The molecule has 32 heavy (non-hydrogen) atoms. The Morgan fingerprint density at radius 3 is 2.22 bits per heavy atom. The quantitative estimate of drug-likeness (QED) is 0.349. The smallest absolute Gasteiger partial charge is 0.399 e. The molecule has 0 aliphatic carbocycles. The van der Waals surface area contributed by atoms with Gasteiger partial charge in [-0.2, -0.15) is 0 Å². The van der Waals surface area contributed by atoms with E-state index in [0.29, 0.717) is 0 Å². The van der Waals surface area contributed by atoms with Gasteiger partial charge in [0.05, 0.1) is 27.8 Å². The van der Waals surface area contributed by atoms with Gasteiger partial charge in [-0.25, -0.2) is 4.98 Å². The van der Waals surface area contributed by atoms with Crippen LogP contribution in [0.15, 0.2) is 78.9 Å². The van der Waals surface area contributed by atoms with Gasteiger partial charge < -0.3 is 9.31 Å². The summed E-state index contributed by atoms with van der Waals surface area (Å²) in [6.45, 7) is 8.33. The van der Waals surface area contributed by atoms with E-state index in [0.717, 1.165) is 38.8 Å². The number of hydrogen-bond acceptors (Lipinski definition) is 3. The van der Waals surface area contributed by atoms with Crippen molar-refractivity contribution in [2.45, 2.75) is 38.9 Å². The molecular weight excluding hydrogens is 395 g/mol. The Hall–Kier alpha value is -3.15. The van der Waals surface area contributed by atoms with Crippen molar-refractivity contribution >= 4 is 40.2 Å². The van der Waals surface area contributed by atoms with Crippen LogP contribution in [0.25, 0.3) is 38.7 Å². The van der Waals surface area contributed by atoms with Crippen molar-refractivity contribution in [1.29, 1.82) is 0 Å². The van der Waals surface area contributed by atoms with Gasteiger partial charge in [-0.3, -0.25) is 4.40 Å². The molecule has 0 saturated carbocycles. The van der Waals surface area contributed by atoms with E-state index in [1.807, 2.05) is 6.07 Å². The van der Waals surface area contributed by atoms with Gasteiger partial charge >= 0.3 is 7.12 Å². The van der Waals surface area contributed by atoms with Crippen molar-refractivity contribution in [3.8, 4) is 11.1 Å². The summed E-state index contributed by atoms with van der Waals surface area (Å²) in [5.74, 6) is 0. The van der Waals surface area contributed by atoms with E-state index in [1.54, 1.807) is 0 Å². The summed E-state index contributed by atoms with van der Waals surface area (Å²) in [6, 6.07) is 27.5. The van der Waals surface area contributed by atoms with E-state index in [4.69, 9.17) is 14.3 Å². The van der Waals surface area contributed by atoms with E-state index < -0.39 is 7.12 Å². The molecule has 158 valence electrons. The third-order valence-electron chi connectivity index (χ3n) is 7.00.